The molecule has 1 aromatic heterocycles. The molecule has 1 unspecified atom stereocenters. The van der Waals surface area contributed by atoms with E-state index in [2.05, 4.69) is 18.8 Å². The summed E-state index contributed by atoms with van der Waals surface area (Å²) >= 11 is 0. The van der Waals surface area contributed by atoms with Gasteiger partial charge in [0, 0.05) is 6.20 Å². The molecule has 1 aliphatic rings. The topological polar surface area (TPSA) is 38.9 Å². The van der Waals surface area contributed by atoms with Gasteiger partial charge in [-0.1, -0.05) is 13.8 Å². The van der Waals surface area contributed by atoms with Crippen LogP contribution in [0.1, 0.15) is 37.3 Å². The van der Waals surface area contributed by atoms with E-state index in [0.717, 1.165) is 12.1 Å². The second kappa shape index (κ2) is 3.02. The van der Waals surface area contributed by atoms with Crippen molar-refractivity contribution in [1.29, 1.82) is 0 Å². The highest BCUT2D eigenvalue weighted by atomic mass is 14.7. The summed E-state index contributed by atoms with van der Waals surface area (Å²) in [5.74, 6) is 1.37. The fraction of sp³-hybridized carbons (Fsp3) is 0.545. The van der Waals surface area contributed by atoms with Crippen molar-refractivity contribution < 1.29 is 0 Å². The van der Waals surface area contributed by atoms with Crippen molar-refractivity contribution >= 4 is 5.69 Å². The van der Waals surface area contributed by atoms with Gasteiger partial charge < -0.3 is 5.73 Å². The number of anilines is 1. The van der Waals surface area contributed by atoms with Crippen LogP contribution >= 0.6 is 0 Å². The number of nitrogen functional groups attached to an aromatic ring is 1. The van der Waals surface area contributed by atoms with Crippen LogP contribution in [0.3, 0.4) is 0 Å². The number of aromatic nitrogens is 1. The Labute approximate surface area is 79.2 Å². The molecule has 0 amide bonds. The van der Waals surface area contributed by atoms with E-state index in [4.69, 9.17) is 5.73 Å². The molecular formula is C11H16N2. The SMILES string of the molecule is CC(C)C1CCc2c(N)cncc21. The first-order chi connectivity index (χ1) is 6.20. The quantitative estimate of drug-likeness (QED) is 0.713. The molecule has 0 saturated heterocycles. The van der Waals surface area contributed by atoms with Crippen LogP contribution < -0.4 is 5.73 Å². The summed E-state index contributed by atoms with van der Waals surface area (Å²) in [7, 11) is 0. The monoisotopic (exact) mass is 176 g/mol. The number of rotatable bonds is 1. The van der Waals surface area contributed by atoms with Crippen LogP contribution in [-0.2, 0) is 6.42 Å². The van der Waals surface area contributed by atoms with Crippen molar-refractivity contribution in [2.75, 3.05) is 5.73 Å². The van der Waals surface area contributed by atoms with Crippen LogP contribution in [0.5, 0.6) is 0 Å². The third-order valence-corrected chi connectivity index (χ3v) is 3.03. The van der Waals surface area contributed by atoms with E-state index in [1.165, 1.54) is 17.5 Å². The van der Waals surface area contributed by atoms with E-state index < -0.39 is 0 Å². The maximum absolute atomic E-state index is 5.87. The molecular weight excluding hydrogens is 160 g/mol. The third-order valence-electron chi connectivity index (χ3n) is 3.03. The lowest BCUT2D eigenvalue weighted by atomic mass is 9.91. The van der Waals surface area contributed by atoms with Gasteiger partial charge in [-0.3, -0.25) is 4.98 Å². The highest BCUT2D eigenvalue weighted by Gasteiger charge is 2.26. The first kappa shape index (κ1) is 8.54. The summed E-state index contributed by atoms with van der Waals surface area (Å²) in [5, 5.41) is 0. The largest absolute Gasteiger partial charge is 0.397 e. The summed E-state index contributed by atoms with van der Waals surface area (Å²) in [6.45, 7) is 4.53. The molecule has 2 rings (SSSR count). The number of nitrogens with two attached hydrogens (primary N) is 1. The van der Waals surface area contributed by atoms with Gasteiger partial charge in [-0.05, 0) is 35.8 Å². The lowest BCUT2D eigenvalue weighted by molar-refractivity contribution is 0.495. The molecule has 1 atom stereocenters. The second-order valence-corrected chi connectivity index (χ2v) is 4.19. The Morgan fingerprint density at radius 1 is 1.46 bits per heavy atom. The van der Waals surface area contributed by atoms with Crippen molar-refractivity contribution in [3.63, 3.8) is 0 Å². The molecule has 0 saturated carbocycles. The predicted octanol–water partition coefficient (Wildman–Crippen LogP) is 2.35. The van der Waals surface area contributed by atoms with Gasteiger partial charge in [-0.15, -0.1) is 0 Å². The first-order valence-corrected chi connectivity index (χ1v) is 4.92. The van der Waals surface area contributed by atoms with E-state index in [9.17, 15) is 0 Å². The Morgan fingerprint density at radius 2 is 2.23 bits per heavy atom. The molecule has 0 aromatic carbocycles. The van der Waals surface area contributed by atoms with Gasteiger partial charge in [-0.2, -0.15) is 0 Å². The van der Waals surface area contributed by atoms with Crippen molar-refractivity contribution in [2.24, 2.45) is 5.92 Å². The van der Waals surface area contributed by atoms with Gasteiger partial charge in [0.2, 0.25) is 0 Å². The van der Waals surface area contributed by atoms with Gasteiger partial charge in [0.15, 0.2) is 0 Å². The van der Waals surface area contributed by atoms with Gasteiger partial charge in [0.05, 0.1) is 11.9 Å². The van der Waals surface area contributed by atoms with Crippen LogP contribution in [0, 0.1) is 5.92 Å². The predicted molar refractivity (Wildman–Crippen MR) is 54.5 cm³/mol. The number of hydrogen-bond donors (Lipinski definition) is 1. The molecule has 0 fully saturated rings. The van der Waals surface area contributed by atoms with Crippen molar-refractivity contribution in [1.82, 2.24) is 4.98 Å². The zero-order valence-corrected chi connectivity index (χ0v) is 8.25. The Balaban J connectivity index is 2.43. The molecule has 1 aliphatic carbocycles. The minimum absolute atomic E-state index is 0.672. The van der Waals surface area contributed by atoms with E-state index in [1.54, 1.807) is 6.20 Å². The van der Waals surface area contributed by atoms with Crippen LogP contribution in [0.15, 0.2) is 12.4 Å². The van der Waals surface area contributed by atoms with Crippen LogP contribution in [0.25, 0.3) is 0 Å². The number of pyridine rings is 1. The molecule has 1 heterocycles. The van der Waals surface area contributed by atoms with E-state index >= 15 is 0 Å². The average Bonchev–Trinajstić information content (AvgIpc) is 2.48. The van der Waals surface area contributed by atoms with E-state index in [-0.39, 0.29) is 0 Å². The molecule has 1 aromatic rings. The van der Waals surface area contributed by atoms with Crippen molar-refractivity contribution in [2.45, 2.75) is 32.6 Å². The number of hydrogen-bond acceptors (Lipinski definition) is 2. The minimum Gasteiger partial charge on any atom is -0.397 e. The minimum atomic E-state index is 0.672. The molecule has 0 radical (unpaired) electrons. The zero-order chi connectivity index (χ0) is 9.42. The zero-order valence-electron chi connectivity index (χ0n) is 8.25. The maximum atomic E-state index is 5.87. The summed E-state index contributed by atoms with van der Waals surface area (Å²) in [6, 6.07) is 0. The lowest BCUT2D eigenvalue weighted by Gasteiger charge is -2.15. The Kier molecular flexibility index (Phi) is 1.98. The Hall–Kier alpha value is -1.05. The molecule has 0 aliphatic heterocycles. The molecule has 0 spiro atoms. The number of fused-ring (bicyclic) bond motifs is 1. The fourth-order valence-corrected chi connectivity index (χ4v) is 2.28. The van der Waals surface area contributed by atoms with Crippen LogP contribution in [-0.4, -0.2) is 4.98 Å². The standard InChI is InChI=1S/C11H16N2/c1-7(2)8-3-4-9-10(8)5-13-6-11(9)12/h5-8H,3-4,12H2,1-2H3. The molecule has 70 valence electrons. The second-order valence-electron chi connectivity index (χ2n) is 4.19. The Bertz CT molecular complexity index is 318. The molecule has 13 heavy (non-hydrogen) atoms. The molecule has 2 N–H and O–H groups in total. The summed E-state index contributed by atoms with van der Waals surface area (Å²) in [5.41, 5.74) is 9.47. The lowest BCUT2D eigenvalue weighted by Crippen LogP contribution is -2.03. The summed E-state index contributed by atoms with van der Waals surface area (Å²) in [4.78, 5) is 4.16. The fourth-order valence-electron chi connectivity index (χ4n) is 2.28. The van der Waals surface area contributed by atoms with Gasteiger partial charge in [0.1, 0.15) is 0 Å². The first-order valence-electron chi connectivity index (χ1n) is 4.92. The summed E-state index contributed by atoms with van der Waals surface area (Å²) < 4.78 is 0. The Morgan fingerprint density at radius 3 is 2.92 bits per heavy atom. The maximum Gasteiger partial charge on any atom is 0.0536 e. The van der Waals surface area contributed by atoms with Crippen molar-refractivity contribution in [3.05, 3.63) is 23.5 Å². The normalized spacial score (nSPS) is 20.7. The number of nitrogens with zero attached hydrogens (tertiary/aromatic N) is 1. The van der Waals surface area contributed by atoms with Gasteiger partial charge in [0.25, 0.3) is 0 Å². The van der Waals surface area contributed by atoms with E-state index in [0.29, 0.717) is 11.8 Å². The van der Waals surface area contributed by atoms with Crippen LogP contribution in [0.4, 0.5) is 5.69 Å². The van der Waals surface area contributed by atoms with E-state index in [1.807, 2.05) is 6.20 Å². The van der Waals surface area contributed by atoms with Gasteiger partial charge >= 0.3 is 0 Å². The van der Waals surface area contributed by atoms with Gasteiger partial charge in [-0.25, -0.2) is 0 Å². The highest BCUT2D eigenvalue weighted by molar-refractivity contribution is 5.52. The third kappa shape index (κ3) is 1.30. The smallest absolute Gasteiger partial charge is 0.0536 e. The average molecular weight is 176 g/mol. The van der Waals surface area contributed by atoms with Crippen molar-refractivity contribution in [3.8, 4) is 0 Å². The highest BCUT2D eigenvalue weighted by Crippen LogP contribution is 2.39. The molecule has 2 nitrogen and oxygen atoms in total. The van der Waals surface area contributed by atoms with Crippen LogP contribution in [0.2, 0.25) is 0 Å². The summed E-state index contributed by atoms with van der Waals surface area (Å²) in [6.07, 6.45) is 6.13. The molecule has 0 bridgehead atoms. The molecule has 2 heteroatoms.